The van der Waals surface area contributed by atoms with Gasteiger partial charge in [-0.25, -0.2) is 0 Å². The van der Waals surface area contributed by atoms with Crippen molar-refractivity contribution >= 4 is 23.9 Å². The number of hydrogen-bond acceptors (Lipinski definition) is 0. The van der Waals surface area contributed by atoms with E-state index in [9.17, 15) is 0 Å². The van der Waals surface area contributed by atoms with Crippen molar-refractivity contribution < 1.29 is 14.1 Å². The van der Waals surface area contributed by atoms with Gasteiger partial charge in [-0.3, -0.25) is 0 Å². The van der Waals surface area contributed by atoms with E-state index in [1.165, 1.54) is 0 Å². The Balaban J connectivity index is 0. The third kappa shape index (κ3) is 18.9. The van der Waals surface area contributed by atoms with Gasteiger partial charge in [-0.2, -0.15) is 0 Å². The van der Waals surface area contributed by atoms with Gasteiger partial charge in [0.25, 0.3) is 0 Å². The summed E-state index contributed by atoms with van der Waals surface area (Å²) in [4.78, 5) is 0. The van der Waals surface area contributed by atoms with Crippen LogP contribution in [-0.4, -0.2) is 23.9 Å². The minimum Gasteiger partial charge on any atom is -1.00 e. The molecule has 0 aliphatic carbocycles. The summed E-state index contributed by atoms with van der Waals surface area (Å²) in [5.41, 5.74) is 0. The molecule has 26 valence electrons. The fourth-order valence-corrected chi connectivity index (χ4v) is 0. The van der Waals surface area contributed by atoms with Gasteiger partial charge in [0, 0.05) is 0 Å². The summed E-state index contributed by atoms with van der Waals surface area (Å²) in [6, 6.07) is 0. The summed E-state index contributed by atoms with van der Waals surface area (Å²) in [5.74, 6) is 0. The van der Waals surface area contributed by atoms with Crippen LogP contribution in [0.25, 0.3) is 0 Å². The van der Waals surface area contributed by atoms with Crippen molar-refractivity contribution in [2.45, 2.75) is 0 Å². The fourth-order valence-electron chi connectivity index (χ4n) is 0. The summed E-state index contributed by atoms with van der Waals surface area (Å²) in [6.45, 7) is 0. The van der Waals surface area contributed by atoms with Gasteiger partial charge in [0.1, 0.15) is 0 Å². The van der Waals surface area contributed by atoms with E-state index < -0.39 is 0 Å². The van der Waals surface area contributed by atoms with Gasteiger partial charge in [0.05, 0.1) is 0 Å². The first-order valence-electron chi connectivity index (χ1n) is 0. The second-order valence-electron chi connectivity index (χ2n) is 0. The maximum atomic E-state index is 0. The van der Waals surface area contributed by atoms with E-state index >= 15 is 0 Å². The molecule has 0 saturated carbocycles. The van der Waals surface area contributed by atoms with Crippen LogP contribution in [0.2, 0.25) is 0 Å². The predicted molar refractivity (Wildman–Crippen MR) is 5.75 cm³/mol. The molecule has 0 aliphatic heterocycles. The molecular weight excluding hydrogens is 176 g/mol. The van der Waals surface area contributed by atoms with Gasteiger partial charge in [0.15, 0.2) is 0 Å². The molecule has 0 amide bonds. The Labute approximate surface area is 38.6 Å². The Hall–Kier alpha value is 0.589. The van der Waals surface area contributed by atoms with Gasteiger partial charge >= 0.3 is 23.9 Å². The molecule has 0 fully saturated rings. The molecule has 0 spiro atoms. The third-order valence-electron chi connectivity index (χ3n) is 0. The average molecular weight is 176 g/mol. The van der Waals surface area contributed by atoms with Crippen molar-refractivity contribution in [3.63, 3.8) is 0 Å². The summed E-state index contributed by atoms with van der Waals surface area (Å²) < 4.78 is 0. The van der Waals surface area contributed by atoms with Gasteiger partial charge in [-0.1, -0.05) is 0 Å². The van der Waals surface area contributed by atoms with Crippen molar-refractivity contribution in [2.75, 3.05) is 0 Å². The first-order valence-corrected chi connectivity index (χ1v) is 0. The van der Waals surface area contributed by atoms with Crippen molar-refractivity contribution in [3.05, 3.63) is 0 Å². The average Bonchev–Trinajstić information content (AvgIpc) is 0. The zero-order valence-corrected chi connectivity index (χ0v) is 4.49. The number of halogens is 3. The molecule has 0 aliphatic rings. The van der Waals surface area contributed by atoms with E-state index in [0.717, 1.165) is 0 Å². The van der Waals surface area contributed by atoms with Crippen LogP contribution in [0.15, 0.2) is 0 Å². The second kappa shape index (κ2) is 69.4. The molecule has 2 radical (unpaired) electrons. The van der Waals surface area contributed by atoms with Gasteiger partial charge in [-0.15, -0.1) is 0 Å². The first kappa shape index (κ1) is 171. The quantitative estimate of drug-likeness (QED) is 0.321. The molecule has 0 rings (SSSR count). The first-order chi connectivity index (χ1) is 0. The van der Waals surface area contributed by atoms with Crippen LogP contribution in [0.3, 0.4) is 0 Å². The zero-order chi connectivity index (χ0) is 0. The normalized spacial score (nSPS) is 0. The SMILES string of the molecule is [F-].[F-].[F-].[Sn+2]. The molecule has 0 atom stereocenters. The Bertz CT molecular complexity index is 3.25. The van der Waals surface area contributed by atoms with E-state index in [-0.39, 0.29) is 38.0 Å². The van der Waals surface area contributed by atoms with E-state index in [4.69, 9.17) is 0 Å². The van der Waals surface area contributed by atoms with Crippen LogP contribution in [0.4, 0.5) is 0 Å². The molecule has 0 N–H and O–H groups in total. The predicted octanol–water partition coefficient (Wildman–Crippen LogP) is -9.37. The van der Waals surface area contributed by atoms with Crippen LogP contribution >= 0.6 is 0 Å². The van der Waals surface area contributed by atoms with E-state index in [1.54, 1.807) is 0 Å². The Morgan fingerprint density at radius 1 is 0.500 bits per heavy atom. The summed E-state index contributed by atoms with van der Waals surface area (Å²) in [7, 11) is 0. The molecule has 0 aromatic heterocycles. The van der Waals surface area contributed by atoms with Crippen molar-refractivity contribution in [1.29, 1.82) is 0 Å². The topological polar surface area (TPSA) is 0 Å². The van der Waals surface area contributed by atoms with Crippen LogP contribution in [0, 0.1) is 0 Å². The zero-order valence-electron chi connectivity index (χ0n) is 1.63. The Morgan fingerprint density at radius 3 is 0.500 bits per heavy atom. The minimum absolute atomic E-state index is 0. The smallest absolute Gasteiger partial charge is 1.00 e. The largest absolute Gasteiger partial charge is 2.00 e. The molecule has 0 heterocycles. The molecule has 0 unspecified atom stereocenters. The number of rotatable bonds is 0. The molecule has 0 bridgehead atoms. The Morgan fingerprint density at radius 2 is 0.500 bits per heavy atom. The van der Waals surface area contributed by atoms with Crippen LogP contribution < -0.4 is 14.1 Å². The van der Waals surface area contributed by atoms with Gasteiger partial charge in [-0.05, 0) is 0 Å². The summed E-state index contributed by atoms with van der Waals surface area (Å²) >= 11 is 0. The van der Waals surface area contributed by atoms with Crippen molar-refractivity contribution in [1.82, 2.24) is 0 Å². The Kier molecular flexibility index (Phi) is 2960. The van der Waals surface area contributed by atoms with Crippen LogP contribution in [0.5, 0.6) is 0 Å². The van der Waals surface area contributed by atoms with Gasteiger partial charge < -0.3 is 14.1 Å². The summed E-state index contributed by atoms with van der Waals surface area (Å²) in [6.07, 6.45) is 0. The molecule has 0 nitrogen and oxygen atoms in total. The summed E-state index contributed by atoms with van der Waals surface area (Å²) in [5, 5.41) is 0. The van der Waals surface area contributed by atoms with Gasteiger partial charge in [0.2, 0.25) is 0 Å². The van der Waals surface area contributed by atoms with E-state index in [2.05, 4.69) is 0 Å². The number of hydrogen-bond donors (Lipinski definition) is 0. The van der Waals surface area contributed by atoms with Crippen molar-refractivity contribution in [3.8, 4) is 0 Å². The maximum absolute atomic E-state index is 0. The fraction of sp³-hybridized carbons (Fsp3) is 0. The standard InChI is InChI=1S/3FH.Sn/h3*1H;/q;;;+2/p-3. The molecule has 0 aromatic carbocycles. The van der Waals surface area contributed by atoms with Crippen molar-refractivity contribution in [2.24, 2.45) is 0 Å². The monoisotopic (exact) mass is 177 g/mol. The molecule has 0 saturated heterocycles. The van der Waals surface area contributed by atoms with E-state index in [0.29, 0.717) is 0 Å². The minimum atomic E-state index is 0. The molecular formula is F3Sn-. The maximum Gasteiger partial charge on any atom is 2.00 e. The molecule has 4 heavy (non-hydrogen) atoms. The molecule has 0 aromatic rings. The molecule has 4 heteroatoms. The second-order valence-corrected chi connectivity index (χ2v) is 0. The third-order valence-corrected chi connectivity index (χ3v) is 0. The van der Waals surface area contributed by atoms with Crippen LogP contribution in [-0.2, 0) is 0 Å². The van der Waals surface area contributed by atoms with Crippen LogP contribution in [0.1, 0.15) is 0 Å². The van der Waals surface area contributed by atoms with E-state index in [1.807, 2.05) is 0 Å².